The monoisotopic (exact) mass is 294 g/mol. The van der Waals surface area contributed by atoms with E-state index in [0.29, 0.717) is 6.42 Å². The molecule has 0 heterocycles. The number of carbonyl (C=O) groups is 1. The fraction of sp³-hybridized carbons (Fsp3) is 0.222. The summed E-state index contributed by atoms with van der Waals surface area (Å²) in [6.07, 6.45) is 1.38. The number of hydrogen-bond acceptors (Lipinski definition) is 1. The van der Waals surface area contributed by atoms with Crippen molar-refractivity contribution in [1.29, 1.82) is 0 Å². The summed E-state index contributed by atoms with van der Waals surface area (Å²) in [5, 5.41) is -0.398. The summed E-state index contributed by atoms with van der Waals surface area (Å²) < 4.78 is 1.19. The largest absolute Gasteiger partial charge is 0.302 e. The van der Waals surface area contributed by atoms with Crippen LogP contribution in [-0.2, 0) is 11.2 Å². The molecule has 0 spiro atoms. The first-order chi connectivity index (χ1) is 5.72. The van der Waals surface area contributed by atoms with Gasteiger partial charge < -0.3 is 4.79 Å². The predicted molar refractivity (Wildman–Crippen MR) is 58.6 cm³/mol. The fourth-order valence-electron chi connectivity index (χ4n) is 0.894. The minimum absolute atomic E-state index is 0.398. The number of hydrogen-bond donors (Lipinski definition) is 0. The third-order valence-corrected chi connectivity index (χ3v) is 2.47. The first kappa shape index (κ1) is 9.99. The van der Waals surface area contributed by atoms with Gasteiger partial charge in [-0.2, -0.15) is 0 Å². The molecule has 0 saturated carbocycles. The van der Waals surface area contributed by atoms with Crippen molar-refractivity contribution in [1.82, 2.24) is 0 Å². The van der Waals surface area contributed by atoms with Gasteiger partial charge in [0.15, 0.2) is 0 Å². The van der Waals surface area contributed by atoms with Gasteiger partial charge in [0.1, 0.15) is 6.29 Å². The van der Waals surface area contributed by atoms with Crippen LogP contribution in [0.4, 0.5) is 0 Å². The number of rotatable bonds is 3. The highest BCUT2D eigenvalue weighted by atomic mass is 127. The Kier molecular flexibility index (Phi) is 4.01. The zero-order valence-electron chi connectivity index (χ0n) is 6.34. The lowest BCUT2D eigenvalue weighted by Crippen LogP contribution is -2.03. The number of alkyl halides is 1. The maximum Gasteiger partial charge on any atom is 0.138 e. The van der Waals surface area contributed by atoms with E-state index in [1.165, 1.54) is 3.57 Å². The van der Waals surface area contributed by atoms with E-state index >= 15 is 0 Å². The summed E-state index contributed by atoms with van der Waals surface area (Å²) in [6, 6.07) is 7.98. The first-order valence-electron chi connectivity index (χ1n) is 3.56. The number of carbonyl (C=O) groups excluding carboxylic acids is 1. The topological polar surface area (TPSA) is 17.1 Å². The molecule has 0 amide bonds. The van der Waals surface area contributed by atoms with Crippen molar-refractivity contribution in [3.63, 3.8) is 0 Å². The minimum Gasteiger partial charge on any atom is -0.302 e. The molecule has 0 fully saturated rings. The zero-order valence-corrected chi connectivity index (χ0v) is 9.25. The summed E-state index contributed by atoms with van der Waals surface area (Å²) >= 11 is 7.91. The lowest BCUT2D eigenvalue weighted by Gasteiger charge is -2.01. The highest BCUT2D eigenvalue weighted by molar-refractivity contribution is 14.1. The van der Waals surface area contributed by atoms with Gasteiger partial charge in [-0.3, -0.25) is 0 Å². The highest BCUT2D eigenvalue weighted by Gasteiger charge is 2.02. The number of halogens is 2. The zero-order chi connectivity index (χ0) is 8.97. The van der Waals surface area contributed by atoms with Gasteiger partial charge in [-0.25, -0.2) is 0 Å². The molecule has 0 aromatic heterocycles. The Bertz CT molecular complexity index is 258. The summed E-state index contributed by atoms with van der Waals surface area (Å²) in [5.41, 5.74) is 1.10. The van der Waals surface area contributed by atoms with Crippen LogP contribution in [0.2, 0.25) is 0 Å². The molecule has 1 nitrogen and oxygen atoms in total. The molecule has 0 saturated heterocycles. The van der Waals surface area contributed by atoms with E-state index in [1.54, 1.807) is 0 Å². The van der Waals surface area contributed by atoms with Crippen LogP contribution in [-0.4, -0.2) is 11.7 Å². The van der Waals surface area contributed by atoms with Crippen LogP contribution in [0, 0.1) is 3.57 Å². The van der Waals surface area contributed by atoms with Gasteiger partial charge in [0, 0.05) is 3.57 Å². The molecule has 3 heteroatoms. The van der Waals surface area contributed by atoms with E-state index in [2.05, 4.69) is 22.6 Å². The lowest BCUT2D eigenvalue weighted by atomic mass is 10.1. The van der Waals surface area contributed by atoms with Gasteiger partial charge in [-0.1, -0.05) is 12.1 Å². The van der Waals surface area contributed by atoms with Crippen LogP contribution in [0.5, 0.6) is 0 Å². The van der Waals surface area contributed by atoms with Gasteiger partial charge in [0.2, 0.25) is 0 Å². The molecular weight excluding hydrogens is 286 g/mol. The normalized spacial score (nSPS) is 12.5. The molecular formula is C9H8ClIO. The van der Waals surface area contributed by atoms with Crippen LogP contribution in [0.3, 0.4) is 0 Å². The standard InChI is InChI=1S/C9H8ClIO/c10-8(6-12)5-7-1-3-9(11)4-2-7/h1-4,6,8H,5H2. The number of benzene rings is 1. The molecule has 1 aromatic rings. The lowest BCUT2D eigenvalue weighted by molar-refractivity contribution is -0.107. The quantitative estimate of drug-likeness (QED) is 0.476. The Balaban J connectivity index is 2.64. The summed E-state index contributed by atoms with van der Waals surface area (Å²) in [6.45, 7) is 0. The smallest absolute Gasteiger partial charge is 0.138 e. The third kappa shape index (κ3) is 3.11. The average molecular weight is 295 g/mol. The second kappa shape index (κ2) is 4.82. The van der Waals surface area contributed by atoms with Crippen molar-refractivity contribution >= 4 is 40.5 Å². The first-order valence-corrected chi connectivity index (χ1v) is 5.07. The molecule has 1 atom stereocenters. The van der Waals surface area contributed by atoms with Crippen molar-refractivity contribution in [2.75, 3.05) is 0 Å². The van der Waals surface area contributed by atoms with Crippen LogP contribution in [0.1, 0.15) is 5.56 Å². The third-order valence-electron chi connectivity index (χ3n) is 1.49. The summed E-state index contributed by atoms with van der Waals surface area (Å²) in [7, 11) is 0. The summed E-state index contributed by atoms with van der Waals surface area (Å²) in [4.78, 5) is 10.2. The van der Waals surface area contributed by atoms with E-state index in [9.17, 15) is 4.79 Å². The van der Waals surface area contributed by atoms with Crippen LogP contribution in [0.15, 0.2) is 24.3 Å². The van der Waals surface area contributed by atoms with Gasteiger partial charge in [-0.05, 0) is 46.7 Å². The predicted octanol–water partition coefficient (Wildman–Crippen LogP) is 2.64. The molecule has 1 unspecified atom stereocenters. The molecule has 0 bridgehead atoms. The van der Waals surface area contributed by atoms with Crippen molar-refractivity contribution in [2.45, 2.75) is 11.8 Å². The van der Waals surface area contributed by atoms with Gasteiger partial charge in [0.25, 0.3) is 0 Å². The molecule has 0 aliphatic carbocycles. The van der Waals surface area contributed by atoms with Crippen molar-refractivity contribution in [3.8, 4) is 0 Å². The number of aldehydes is 1. The van der Waals surface area contributed by atoms with Crippen LogP contribution < -0.4 is 0 Å². The fourth-order valence-corrected chi connectivity index (χ4v) is 1.43. The van der Waals surface area contributed by atoms with Crippen molar-refractivity contribution in [3.05, 3.63) is 33.4 Å². The Hall–Kier alpha value is -0.0900. The Morgan fingerprint density at radius 1 is 1.42 bits per heavy atom. The Morgan fingerprint density at radius 3 is 2.50 bits per heavy atom. The second-order valence-corrected chi connectivity index (χ2v) is 4.29. The maximum absolute atomic E-state index is 10.2. The Morgan fingerprint density at radius 2 is 2.00 bits per heavy atom. The molecule has 0 radical (unpaired) electrons. The van der Waals surface area contributed by atoms with Crippen LogP contribution >= 0.6 is 34.2 Å². The molecule has 0 N–H and O–H groups in total. The maximum atomic E-state index is 10.2. The van der Waals surface area contributed by atoms with Crippen LogP contribution in [0.25, 0.3) is 0 Å². The van der Waals surface area contributed by atoms with E-state index in [1.807, 2.05) is 24.3 Å². The highest BCUT2D eigenvalue weighted by Crippen LogP contribution is 2.10. The molecule has 12 heavy (non-hydrogen) atoms. The minimum atomic E-state index is -0.398. The average Bonchev–Trinajstić information content (AvgIpc) is 2.09. The van der Waals surface area contributed by atoms with E-state index in [4.69, 9.17) is 11.6 Å². The molecule has 1 rings (SSSR count). The van der Waals surface area contributed by atoms with E-state index in [0.717, 1.165) is 11.8 Å². The van der Waals surface area contributed by atoms with Crippen molar-refractivity contribution < 1.29 is 4.79 Å². The molecule has 64 valence electrons. The summed E-state index contributed by atoms with van der Waals surface area (Å²) in [5.74, 6) is 0. The molecule has 0 aliphatic heterocycles. The molecule has 0 aliphatic rings. The van der Waals surface area contributed by atoms with Crippen molar-refractivity contribution in [2.24, 2.45) is 0 Å². The second-order valence-electron chi connectivity index (χ2n) is 2.48. The molecule has 1 aromatic carbocycles. The van der Waals surface area contributed by atoms with Gasteiger partial charge in [0.05, 0.1) is 5.38 Å². The SMILES string of the molecule is O=CC(Cl)Cc1ccc(I)cc1. The van der Waals surface area contributed by atoms with Gasteiger partial charge in [-0.15, -0.1) is 11.6 Å². The van der Waals surface area contributed by atoms with E-state index in [-0.39, 0.29) is 0 Å². The van der Waals surface area contributed by atoms with Gasteiger partial charge >= 0.3 is 0 Å². The Labute approximate surface area is 90.3 Å². The van der Waals surface area contributed by atoms with E-state index < -0.39 is 5.38 Å².